The van der Waals surface area contributed by atoms with Crippen LogP contribution in [0.4, 0.5) is 13.2 Å². The minimum Gasteiger partial charge on any atom is -0.491 e. The molecular formula is C19H25F3O5. The zero-order valence-electron chi connectivity index (χ0n) is 14.8. The van der Waals surface area contributed by atoms with Gasteiger partial charge in [0.25, 0.3) is 0 Å². The van der Waals surface area contributed by atoms with E-state index in [2.05, 4.69) is 0 Å². The molecule has 2 fully saturated rings. The lowest BCUT2D eigenvalue weighted by Gasteiger charge is -2.22. The molecule has 3 rings (SSSR count). The number of ether oxygens (including phenoxy) is 2. The molecule has 1 saturated heterocycles. The molecule has 0 amide bonds. The number of hydrogen-bond acceptors (Lipinski definition) is 5. The Morgan fingerprint density at radius 1 is 1.26 bits per heavy atom. The van der Waals surface area contributed by atoms with E-state index in [1.165, 1.54) is 12.1 Å². The smallest absolute Gasteiger partial charge is 0.416 e. The molecule has 1 saturated carbocycles. The second kappa shape index (κ2) is 8.34. The van der Waals surface area contributed by atoms with Gasteiger partial charge in [0.05, 0.1) is 36.6 Å². The van der Waals surface area contributed by atoms with Gasteiger partial charge in [-0.05, 0) is 49.3 Å². The number of aliphatic hydroxyl groups is 3. The number of rotatable bonds is 7. The highest BCUT2D eigenvalue weighted by Gasteiger charge is 2.48. The van der Waals surface area contributed by atoms with Gasteiger partial charge in [-0.1, -0.05) is 6.07 Å². The molecule has 6 atom stereocenters. The first-order valence-corrected chi connectivity index (χ1v) is 9.20. The van der Waals surface area contributed by atoms with Crippen molar-refractivity contribution in [3.63, 3.8) is 0 Å². The van der Waals surface area contributed by atoms with E-state index in [4.69, 9.17) is 9.47 Å². The number of hydrogen-bond donors (Lipinski definition) is 3. The lowest BCUT2D eigenvalue weighted by molar-refractivity contribution is -0.137. The maximum Gasteiger partial charge on any atom is 0.416 e. The van der Waals surface area contributed by atoms with Gasteiger partial charge in [-0.25, -0.2) is 0 Å². The highest BCUT2D eigenvalue weighted by molar-refractivity contribution is 5.30. The summed E-state index contributed by atoms with van der Waals surface area (Å²) in [4.78, 5) is 0. The minimum atomic E-state index is -4.44. The van der Waals surface area contributed by atoms with Crippen molar-refractivity contribution in [1.29, 1.82) is 0 Å². The molecule has 0 spiro atoms. The highest BCUT2D eigenvalue weighted by Crippen LogP contribution is 2.45. The molecule has 1 heterocycles. The van der Waals surface area contributed by atoms with Gasteiger partial charge in [0.15, 0.2) is 0 Å². The van der Waals surface area contributed by atoms with E-state index in [0.717, 1.165) is 12.1 Å². The Morgan fingerprint density at radius 2 is 2.04 bits per heavy atom. The second-order valence-corrected chi connectivity index (χ2v) is 7.41. The summed E-state index contributed by atoms with van der Waals surface area (Å²) in [6.07, 6.45) is -3.88. The average molecular weight is 390 g/mol. The van der Waals surface area contributed by atoms with E-state index < -0.39 is 23.9 Å². The van der Waals surface area contributed by atoms with Crippen LogP contribution in [0.5, 0.6) is 5.75 Å². The zero-order valence-corrected chi connectivity index (χ0v) is 14.8. The van der Waals surface area contributed by atoms with Crippen LogP contribution in [0, 0.1) is 11.8 Å². The van der Waals surface area contributed by atoms with Crippen LogP contribution in [-0.2, 0) is 10.9 Å². The fourth-order valence-corrected chi connectivity index (χ4v) is 4.18. The monoisotopic (exact) mass is 390 g/mol. The Kier molecular flexibility index (Phi) is 6.30. The van der Waals surface area contributed by atoms with Crippen molar-refractivity contribution >= 4 is 0 Å². The fraction of sp³-hybridized carbons (Fsp3) is 0.684. The van der Waals surface area contributed by atoms with Crippen molar-refractivity contribution in [1.82, 2.24) is 0 Å². The molecular weight excluding hydrogens is 365 g/mol. The van der Waals surface area contributed by atoms with E-state index in [-0.39, 0.29) is 43.0 Å². The molecule has 1 aliphatic carbocycles. The van der Waals surface area contributed by atoms with E-state index in [0.29, 0.717) is 25.7 Å². The van der Waals surface area contributed by atoms with Gasteiger partial charge < -0.3 is 24.8 Å². The van der Waals surface area contributed by atoms with Gasteiger partial charge in [0.1, 0.15) is 12.4 Å². The molecule has 8 heteroatoms. The Labute approximate surface area is 155 Å². The fourth-order valence-electron chi connectivity index (χ4n) is 4.18. The van der Waals surface area contributed by atoms with Crippen LogP contribution in [0.2, 0.25) is 0 Å². The molecule has 152 valence electrons. The third-order valence-electron chi connectivity index (χ3n) is 5.54. The first-order valence-electron chi connectivity index (χ1n) is 9.20. The molecule has 2 aliphatic rings. The predicted molar refractivity (Wildman–Crippen MR) is 90.1 cm³/mol. The van der Waals surface area contributed by atoms with Gasteiger partial charge in [-0.3, -0.25) is 0 Å². The lowest BCUT2D eigenvalue weighted by Crippen LogP contribution is -2.25. The molecule has 1 aromatic rings. The van der Waals surface area contributed by atoms with Crippen LogP contribution in [0.3, 0.4) is 0 Å². The molecule has 5 nitrogen and oxygen atoms in total. The van der Waals surface area contributed by atoms with Gasteiger partial charge in [-0.2, -0.15) is 13.2 Å². The standard InChI is InChI=1S/C19H25F3O5/c20-19(21,22)11-2-1-3-13(6-11)26-10-12(24)4-5-15-16-7-14(9-23)27-18(16)8-17(15)25/h1-3,6,12,14-18,23-25H,4-5,7-10H2/t12-,14?,15-,16-,17-,18+/m1/s1. The topological polar surface area (TPSA) is 79.2 Å². The molecule has 1 aromatic carbocycles. The largest absolute Gasteiger partial charge is 0.491 e. The third-order valence-corrected chi connectivity index (χ3v) is 5.54. The molecule has 0 aromatic heterocycles. The van der Waals surface area contributed by atoms with Crippen LogP contribution in [0.1, 0.15) is 31.2 Å². The highest BCUT2D eigenvalue weighted by atomic mass is 19.4. The zero-order chi connectivity index (χ0) is 19.6. The molecule has 27 heavy (non-hydrogen) atoms. The first-order chi connectivity index (χ1) is 12.8. The maximum absolute atomic E-state index is 12.7. The van der Waals surface area contributed by atoms with Gasteiger partial charge >= 0.3 is 6.18 Å². The third kappa shape index (κ3) is 4.93. The van der Waals surface area contributed by atoms with Crippen molar-refractivity contribution in [3.8, 4) is 5.75 Å². The van der Waals surface area contributed by atoms with Crippen molar-refractivity contribution < 1.29 is 38.0 Å². The summed E-state index contributed by atoms with van der Waals surface area (Å²) in [7, 11) is 0. The van der Waals surface area contributed by atoms with Crippen molar-refractivity contribution in [2.75, 3.05) is 13.2 Å². The predicted octanol–water partition coefficient (Wildman–Crippen LogP) is 2.37. The van der Waals surface area contributed by atoms with Gasteiger partial charge in [0, 0.05) is 6.42 Å². The Morgan fingerprint density at radius 3 is 2.74 bits per heavy atom. The normalized spacial score (nSPS) is 31.7. The molecule has 1 aliphatic heterocycles. The summed E-state index contributed by atoms with van der Waals surface area (Å²) < 4.78 is 49.1. The van der Waals surface area contributed by atoms with E-state index in [9.17, 15) is 28.5 Å². The van der Waals surface area contributed by atoms with E-state index >= 15 is 0 Å². The quantitative estimate of drug-likeness (QED) is 0.666. The number of alkyl halides is 3. The Hall–Kier alpha value is -1.35. The molecule has 1 unspecified atom stereocenters. The summed E-state index contributed by atoms with van der Waals surface area (Å²) >= 11 is 0. The van der Waals surface area contributed by atoms with Crippen LogP contribution < -0.4 is 4.74 Å². The number of fused-ring (bicyclic) bond motifs is 1. The van der Waals surface area contributed by atoms with Crippen LogP contribution >= 0.6 is 0 Å². The lowest BCUT2D eigenvalue weighted by atomic mass is 9.86. The van der Waals surface area contributed by atoms with Crippen molar-refractivity contribution in [2.24, 2.45) is 11.8 Å². The number of halogens is 3. The summed E-state index contributed by atoms with van der Waals surface area (Å²) in [6, 6.07) is 4.54. The van der Waals surface area contributed by atoms with Crippen molar-refractivity contribution in [2.45, 2.75) is 56.3 Å². The maximum atomic E-state index is 12.7. The van der Waals surface area contributed by atoms with Crippen LogP contribution in [0.25, 0.3) is 0 Å². The van der Waals surface area contributed by atoms with Crippen molar-refractivity contribution in [3.05, 3.63) is 29.8 Å². The van der Waals surface area contributed by atoms with Gasteiger partial charge in [-0.15, -0.1) is 0 Å². The number of benzene rings is 1. The molecule has 0 bridgehead atoms. The van der Waals surface area contributed by atoms with Crippen LogP contribution in [-0.4, -0.2) is 52.9 Å². The minimum absolute atomic E-state index is 0.0187. The average Bonchev–Trinajstić information content (AvgIpc) is 3.14. The van der Waals surface area contributed by atoms with Crippen LogP contribution in [0.15, 0.2) is 24.3 Å². The van der Waals surface area contributed by atoms with Gasteiger partial charge in [0.2, 0.25) is 0 Å². The Bertz CT molecular complexity index is 624. The summed E-state index contributed by atoms with van der Waals surface area (Å²) in [6.45, 7) is -0.156. The SMILES string of the molecule is OCC1C[C@@H]2[C@@H](CC[C@@H](O)COc3cccc(C(F)(F)F)c3)[C@H](O)C[C@@H]2O1. The molecule has 0 radical (unpaired) electrons. The molecule has 3 N–H and O–H groups in total. The Balaban J connectivity index is 1.47. The van der Waals surface area contributed by atoms with E-state index in [1.807, 2.05) is 0 Å². The second-order valence-electron chi connectivity index (χ2n) is 7.41. The first kappa shape index (κ1) is 20.4. The summed E-state index contributed by atoms with van der Waals surface area (Å²) in [5, 5.41) is 29.6. The summed E-state index contributed by atoms with van der Waals surface area (Å²) in [5.41, 5.74) is -0.797. The van der Waals surface area contributed by atoms with E-state index in [1.54, 1.807) is 0 Å². The number of aliphatic hydroxyl groups excluding tert-OH is 3. The summed E-state index contributed by atoms with van der Waals surface area (Å²) in [5.74, 6) is 0.198.